The van der Waals surface area contributed by atoms with Crippen LogP contribution in [0.15, 0.2) is 18.2 Å². The Morgan fingerprint density at radius 3 is 2.44 bits per heavy atom. The minimum atomic E-state index is -4.09. The Kier molecular flexibility index (Phi) is 11.1. The van der Waals surface area contributed by atoms with Crippen LogP contribution in [0.4, 0.5) is 8.78 Å². The van der Waals surface area contributed by atoms with Crippen LogP contribution in [-0.4, -0.2) is 94.7 Å². The summed E-state index contributed by atoms with van der Waals surface area (Å²) in [5, 5.41) is -0.308. The normalized spacial score (nSPS) is 33.9. The molecule has 2 aliphatic heterocycles. The van der Waals surface area contributed by atoms with Crippen LogP contribution in [0.25, 0.3) is 11.0 Å². The van der Waals surface area contributed by atoms with Crippen molar-refractivity contribution in [3.05, 3.63) is 28.9 Å². The number of aryl methyl sites for hydroxylation is 1. The van der Waals surface area contributed by atoms with Crippen LogP contribution >= 0.6 is 11.6 Å². The largest absolute Gasteiger partial charge is 0.471 e. The summed E-state index contributed by atoms with van der Waals surface area (Å²) in [5.74, 6) is -4.29. The van der Waals surface area contributed by atoms with Crippen molar-refractivity contribution in [1.82, 2.24) is 19.2 Å². The van der Waals surface area contributed by atoms with Gasteiger partial charge in [0.15, 0.2) is 5.78 Å². The highest BCUT2D eigenvalue weighted by Crippen LogP contribution is 2.61. The summed E-state index contributed by atoms with van der Waals surface area (Å²) in [6, 6.07) is 3.96. The third-order valence-electron chi connectivity index (χ3n) is 14.3. The number of carbonyl (C=O) groups excluding carboxylic acids is 4. The van der Waals surface area contributed by atoms with Gasteiger partial charge in [0.2, 0.25) is 34.1 Å². The van der Waals surface area contributed by atoms with Crippen LogP contribution in [0.2, 0.25) is 5.02 Å². The predicted molar refractivity (Wildman–Crippen MR) is 214 cm³/mol. The lowest BCUT2D eigenvalue weighted by Gasteiger charge is -2.36. The standard InChI is InChI=1S/C43H55ClF2N4O8S/c1-22-35-21-50(37(22)33(51)20-43(19-29(43)38(45)46)41(54)49(5)59(55,56)25-12-13-25)40(53)28(42(2,3)4)18-36(52)57-34-16-23-15-27(23)26(34)9-7-6-8-10-31-39(58-35)48-32-17-24(44)11-14-30(32)47-31/h11,14,17,22-23,25-29,34-35,37-38H,6-10,12-13,15-16,18-21H2,1-5H3/t22-,23+,26-,27+,28-,29+,34-,35+,37+,43-/m1/s1. The number of amides is 2. The molecule has 0 radical (unpaired) electrons. The Morgan fingerprint density at radius 1 is 1.02 bits per heavy atom. The predicted octanol–water partition coefficient (Wildman–Crippen LogP) is 6.80. The minimum Gasteiger partial charge on any atom is -0.471 e. The van der Waals surface area contributed by atoms with Gasteiger partial charge in [0.1, 0.15) is 17.9 Å². The number of Topliss-reactive ketones (excluding diaryl/α,β-unsaturated/α-hetero) is 1. The second-order valence-corrected chi connectivity index (χ2v) is 22.0. The summed E-state index contributed by atoms with van der Waals surface area (Å²) in [5.41, 5.74) is -0.975. The Morgan fingerprint density at radius 2 is 1.76 bits per heavy atom. The first kappa shape index (κ1) is 42.2. The molecule has 322 valence electrons. The monoisotopic (exact) mass is 860 g/mol. The number of fused-ring (bicyclic) bond motifs is 7. The number of ether oxygens (including phenoxy) is 2. The van der Waals surface area contributed by atoms with E-state index in [1.54, 1.807) is 25.1 Å². The molecule has 1 saturated heterocycles. The zero-order valence-corrected chi connectivity index (χ0v) is 35.9. The van der Waals surface area contributed by atoms with Crippen molar-refractivity contribution in [2.45, 2.75) is 135 Å². The van der Waals surface area contributed by atoms with Gasteiger partial charge in [-0.3, -0.25) is 19.2 Å². The fraction of sp³-hybridized carbons (Fsp3) is 0.721. The number of ketones is 1. The highest BCUT2D eigenvalue weighted by Gasteiger charge is 2.67. The first-order valence-corrected chi connectivity index (χ1v) is 23.1. The molecule has 0 unspecified atom stereocenters. The number of hydrogen-bond donors (Lipinski definition) is 0. The summed E-state index contributed by atoms with van der Waals surface area (Å²) < 4.78 is 68.6. The van der Waals surface area contributed by atoms with Gasteiger partial charge in [-0.2, -0.15) is 0 Å². The van der Waals surface area contributed by atoms with E-state index in [0.717, 1.165) is 45.6 Å². The van der Waals surface area contributed by atoms with E-state index in [9.17, 15) is 36.4 Å². The number of benzene rings is 1. The quantitative estimate of drug-likeness (QED) is 0.272. The summed E-state index contributed by atoms with van der Waals surface area (Å²) in [7, 11) is -3.02. The van der Waals surface area contributed by atoms with Crippen LogP contribution in [0.1, 0.15) is 104 Å². The molecule has 4 saturated carbocycles. The minimum absolute atomic E-state index is 0.101. The molecule has 12 nitrogen and oxygen atoms in total. The third-order valence-corrected chi connectivity index (χ3v) is 16.8. The molecule has 16 heteroatoms. The van der Waals surface area contributed by atoms with Gasteiger partial charge in [-0.05, 0) is 92.7 Å². The topological polar surface area (TPSA) is 153 Å². The molecule has 0 spiro atoms. The molecule has 59 heavy (non-hydrogen) atoms. The molecule has 8 rings (SSSR count). The lowest BCUT2D eigenvalue weighted by Crippen LogP contribution is -2.50. The smallest absolute Gasteiger partial charge is 0.306 e. The second kappa shape index (κ2) is 15.5. The molecule has 2 aromatic rings. The fourth-order valence-corrected chi connectivity index (χ4v) is 12.2. The van der Waals surface area contributed by atoms with E-state index in [-0.39, 0.29) is 37.3 Å². The van der Waals surface area contributed by atoms with Crippen LogP contribution in [-0.2, 0) is 40.4 Å². The fourth-order valence-electron chi connectivity index (χ4n) is 10.4. The highest BCUT2D eigenvalue weighted by molar-refractivity contribution is 7.90. The number of hydrogen-bond acceptors (Lipinski definition) is 10. The molecule has 0 N–H and O–H groups in total. The number of esters is 1. The van der Waals surface area contributed by atoms with Crippen molar-refractivity contribution in [3.63, 3.8) is 0 Å². The zero-order chi connectivity index (χ0) is 42.3. The average molecular weight is 861 g/mol. The first-order valence-electron chi connectivity index (χ1n) is 21.3. The van der Waals surface area contributed by atoms with E-state index in [1.807, 2.05) is 20.8 Å². The Hall–Kier alpha value is -3.46. The molecule has 10 atom stereocenters. The van der Waals surface area contributed by atoms with Gasteiger partial charge in [-0.15, -0.1) is 0 Å². The summed E-state index contributed by atoms with van der Waals surface area (Å²) >= 11 is 6.35. The molecule has 2 amide bonds. The third kappa shape index (κ3) is 8.08. The number of carbonyl (C=O) groups is 4. The number of halogens is 3. The van der Waals surface area contributed by atoms with Gasteiger partial charge in [-0.25, -0.2) is 31.5 Å². The maximum absolute atomic E-state index is 15.0. The Labute approximate surface area is 349 Å². The molecule has 1 aromatic heterocycles. The summed E-state index contributed by atoms with van der Waals surface area (Å²) in [4.78, 5) is 68.7. The van der Waals surface area contributed by atoms with Crippen LogP contribution in [0, 0.1) is 46.3 Å². The summed E-state index contributed by atoms with van der Waals surface area (Å²) in [6.07, 6.45) is 1.51. The second-order valence-electron chi connectivity index (χ2n) is 19.3. The van der Waals surface area contributed by atoms with Crippen LogP contribution in [0.3, 0.4) is 0 Å². The lowest BCUT2D eigenvalue weighted by molar-refractivity contribution is -0.158. The molecule has 3 heterocycles. The maximum Gasteiger partial charge on any atom is 0.306 e. The van der Waals surface area contributed by atoms with Gasteiger partial charge in [0.25, 0.3) is 0 Å². The number of aromatic nitrogens is 2. The van der Waals surface area contributed by atoms with Crippen molar-refractivity contribution in [3.8, 4) is 5.88 Å². The van der Waals surface area contributed by atoms with Gasteiger partial charge >= 0.3 is 5.97 Å². The molecule has 5 fully saturated rings. The number of rotatable bonds is 7. The molecule has 1 aromatic carbocycles. The Bertz CT molecular complexity index is 2150. The molecule has 2 bridgehead atoms. The zero-order valence-electron chi connectivity index (χ0n) is 34.4. The van der Waals surface area contributed by atoms with Crippen molar-refractivity contribution in [2.75, 3.05) is 13.6 Å². The van der Waals surface area contributed by atoms with Crippen molar-refractivity contribution >= 4 is 56.2 Å². The first-order chi connectivity index (χ1) is 27.8. The van der Waals surface area contributed by atoms with E-state index in [2.05, 4.69) is 0 Å². The van der Waals surface area contributed by atoms with Gasteiger partial charge < -0.3 is 14.4 Å². The Balaban J connectivity index is 1.16. The average Bonchev–Trinajstić information content (AvgIpc) is 4.09. The van der Waals surface area contributed by atoms with E-state index in [1.165, 1.54) is 4.90 Å². The van der Waals surface area contributed by atoms with E-state index >= 15 is 0 Å². The lowest BCUT2D eigenvalue weighted by atomic mass is 9.77. The van der Waals surface area contributed by atoms with Crippen molar-refractivity contribution in [1.29, 1.82) is 0 Å². The van der Waals surface area contributed by atoms with Gasteiger partial charge in [0.05, 0.1) is 46.6 Å². The molecule has 6 aliphatic rings. The van der Waals surface area contributed by atoms with Crippen LogP contribution < -0.4 is 4.74 Å². The van der Waals surface area contributed by atoms with Crippen molar-refractivity contribution < 1.29 is 45.9 Å². The number of nitrogens with zero attached hydrogens (tertiary/aromatic N) is 4. The van der Waals surface area contributed by atoms with E-state index < -0.39 is 92.4 Å². The van der Waals surface area contributed by atoms with Crippen LogP contribution in [0.5, 0.6) is 5.88 Å². The van der Waals surface area contributed by atoms with Gasteiger partial charge in [0, 0.05) is 30.3 Å². The highest BCUT2D eigenvalue weighted by atomic mass is 35.5. The van der Waals surface area contributed by atoms with E-state index in [4.69, 9.17) is 31.0 Å². The summed E-state index contributed by atoms with van der Waals surface area (Å²) in [6.45, 7) is 7.16. The number of sulfonamides is 1. The van der Waals surface area contributed by atoms with Crippen molar-refractivity contribution in [2.24, 2.45) is 46.3 Å². The molecular weight excluding hydrogens is 806 g/mol. The molecule has 4 aliphatic carbocycles. The number of alkyl halides is 2. The SMILES string of the molecule is C[C@@H]1[C@@H]2CN(C(=O)[C@H](C(C)(C)C)CC(=O)O[C@@H]3C[C@@H]4C[C@@H]4[C@H]3CCCCCc3nc4ccc(Cl)cc4nc3O2)[C@@H]1C(=O)C[C@]1(C(=O)N(C)S(=O)(=O)C2CC2)C[C@H]1C(F)F. The van der Waals surface area contributed by atoms with Gasteiger partial charge in [-0.1, -0.05) is 52.1 Å². The van der Waals surface area contributed by atoms with E-state index in [0.29, 0.717) is 57.2 Å². The molecular formula is C43H55ClF2N4O8S. The maximum atomic E-state index is 15.0.